The Hall–Kier alpha value is -3.38. The van der Waals surface area contributed by atoms with Gasteiger partial charge in [0.05, 0.1) is 11.9 Å². The molecule has 3 aromatic heterocycles. The van der Waals surface area contributed by atoms with Gasteiger partial charge < -0.3 is 5.11 Å². The standard InChI is InChI=1S/C20H17N5O/c26-20(17-8-2-1-3-9-17,18-10-4-5-12-22-18)19(25-14-13-23-24-25)16-7-6-11-21-15-16/h1-15,19,26H. The summed E-state index contributed by atoms with van der Waals surface area (Å²) in [6.45, 7) is 0. The van der Waals surface area contributed by atoms with Crippen LogP contribution in [0.4, 0.5) is 0 Å². The van der Waals surface area contributed by atoms with Gasteiger partial charge in [-0.3, -0.25) is 9.97 Å². The zero-order valence-corrected chi connectivity index (χ0v) is 13.9. The van der Waals surface area contributed by atoms with E-state index >= 15 is 0 Å². The van der Waals surface area contributed by atoms with Gasteiger partial charge in [0.15, 0.2) is 5.60 Å². The van der Waals surface area contributed by atoms with Crippen LogP contribution in [0, 0.1) is 0 Å². The molecule has 0 saturated heterocycles. The Morgan fingerprint density at radius 3 is 2.38 bits per heavy atom. The van der Waals surface area contributed by atoms with E-state index in [0.29, 0.717) is 11.3 Å². The van der Waals surface area contributed by atoms with E-state index < -0.39 is 11.6 Å². The first kappa shape index (κ1) is 16.1. The lowest BCUT2D eigenvalue weighted by molar-refractivity contribution is 0.0287. The molecule has 0 fully saturated rings. The summed E-state index contributed by atoms with van der Waals surface area (Å²) >= 11 is 0. The first-order valence-electron chi connectivity index (χ1n) is 8.25. The molecule has 0 aliphatic carbocycles. The van der Waals surface area contributed by atoms with E-state index in [9.17, 15) is 5.11 Å². The highest BCUT2D eigenvalue weighted by Gasteiger charge is 2.44. The molecule has 1 aromatic carbocycles. The molecule has 0 amide bonds. The molecule has 0 saturated carbocycles. The predicted octanol–water partition coefficient (Wildman–Crippen LogP) is 2.59. The average molecular weight is 343 g/mol. The van der Waals surface area contributed by atoms with Crippen LogP contribution in [0.1, 0.15) is 22.9 Å². The van der Waals surface area contributed by atoms with Gasteiger partial charge in [-0.25, -0.2) is 4.68 Å². The summed E-state index contributed by atoms with van der Waals surface area (Å²) in [7, 11) is 0. The molecule has 4 aromatic rings. The molecular formula is C20H17N5O. The highest BCUT2D eigenvalue weighted by Crippen LogP contribution is 2.41. The summed E-state index contributed by atoms with van der Waals surface area (Å²) in [5, 5.41) is 20.2. The van der Waals surface area contributed by atoms with Crippen LogP contribution in [-0.4, -0.2) is 30.1 Å². The number of nitrogens with zero attached hydrogens (tertiary/aromatic N) is 5. The zero-order valence-electron chi connectivity index (χ0n) is 13.9. The summed E-state index contributed by atoms with van der Waals surface area (Å²) in [5.74, 6) is 0. The molecule has 128 valence electrons. The largest absolute Gasteiger partial charge is 0.376 e. The van der Waals surface area contributed by atoms with E-state index in [4.69, 9.17) is 0 Å². The topological polar surface area (TPSA) is 76.7 Å². The molecule has 0 aliphatic rings. The predicted molar refractivity (Wildman–Crippen MR) is 96.1 cm³/mol. The quantitative estimate of drug-likeness (QED) is 0.603. The van der Waals surface area contributed by atoms with Gasteiger partial charge in [0.2, 0.25) is 0 Å². The van der Waals surface area contributed by atoms with Crippen molar-refractivity contribution in [3.05, 3.63) is 108 Å². The van der Waals surface area contributed by atoms with Gasteiger partial charge in [-0.2, -0.15) is 0 Å². The number of benzene rings is 1. The Kier molecular flexibility index (Phi) is 4.25. The van der Waals surface area contributed by atoms with Crippen molar-refractivity contribution < 1.29 is 5.11 Å². The molecule has 0 radical (unpaired) electrons. The van der Waals surface area contributed by atoms with Crippen LogP contribution in [0.3, 0.4) is 0 Å². The Morgan fingerprint density at radius 1 is 0.885 bits per heavy atom. The van der Waals surface area contributed by atoms with E-state index in [2.05, 4.69) is 20.3 Å². The third-order valence-corrected chi connectivity index (χ3v) is 4.37. The van der Waals surface area contributed by atoms with Crippen LogP contribution in [0.15, 0.2) is 91.6 Å². The van der Waals surface area contributed by atoms with Gasteiger partial charge in [-0.15, -0.1) is 5.10 Å². The van der Waals surface area contributed by atoms with E-state index in [-0.39, 0.29) is 0 Å². The minimum absolute atomic E-state index is 0.524. The number of rotatable bonds is 5. The SMILES string of the molecule is OC(c1ccccc1)(c1ccccn1)C(c1cccnc1)n1ccnn1. The number of aliphatic hydroxyl groups is 1. The molecule has 6 heteroatoms. The molecule has 1 N–H and O–H groups in total. The van der Waals surface area contributed by atoms with Crippen molar-refractivity contribution in [3.63, 3.8) is 0 Å². The molecule has 6 nitrogen and oxygen atoms in total. The number of pyridine rings is 2. The summed E-state index contributed by atoms with van der Waals surface area (Å²) in [6.07, 6.45) is 8.42. The maximum Gasteiger partial charge on any atom is 0.158 e. The van der Waals surface area contributed by atoms with Crippen LogP contribution < -0.4 is 0 Å². The fourth-order valence-electron chi connectivity index (χ4n) is 3.20. The van der Waals surface area contributed by atoms with Crippen LogP contribution >= 0.6 is 0 Å². The van der Waals surface area contributed by atoms with E-state index in [1.807, 2.05) is 60.7 Å². The second-order valence-corrected chi connectivity index (χ2v) is 5.92. The minimum Gasteiger partial charge on any atom is -0.376 e. The lowest BCUT2D eigenvalue weighted by Gasteiger charge is -2.36. The van der Waals surface area contributed by atoms with Crippen LogP contribution in [0.2, 0.25) is 0 Å². The van der Waals surface area contributed by atoms with E-state index in [0.717, 1.165) is 5.56 Å². The molecule has 2 atom stereocenters. The van der Waals surface area contributed by atoms with Crippen molar-refractivity contribution in [1.82, 2.24) is 25.0 Å². The van der Waals surface area contributed by atoms with Crippen molar-refractivity contribution in [2.45, 2.75) is 11.6 Å². The highest BCUT2D eigenvalue weighted by atomic mass is 16.3. The number of hydrogen-bond acceptors (Lipinski definition) is 5. The normalized spacial score (nSPS) is 14.5. The van der Waals surface area contributed by atoms with E-state index in [1.54, 1.807) is 35.7 Å². The van der Waals surface area contributed by atoms with Gasteiger partial charge in [0, 0.05) is 24.8 Å². The van der Waals surface area contributed by atoms with Crippen molar-refractivity contribution in [1.29, 1.82) is 0 Å². The van der Waals surface area contributed by atoms with Gasteiger partial charge in [0.25, 0.3) is 0 Å². The molecule has 0 spiro atoms. The molecule has 0 aliphatic heterocycles. The van der Waals surface area contributed by atoms with Crippen LogP contribution in [0.5, 0.6) is 0 Å². The summed E-state index contributed by atoms with van der Waals surface area (Å²) in [5.41, 5.74) is 0.577. The third-order valence-electron chi connectivity index (χ3n) is 4.37. The van der Waals surface area contributed by atoms with Gasteiger partial charge >= 0.3 is 0 Å². The summed E-state index contributed by atoms with van der Waals surface area (Å²) < 4.78 is 1.64. The molecular weight excluding hydrogens is 326 g/mol. The van der Waals surface area contributed by atoms with Gasteiger partial charge in [-0.1, -0.05) is 47.7 Å². The maximum atomic E-state index is 12.1. The molecule has 3 heterocycles. The first-order chi connectivity index (χ1) is 12.8. The Morgan fingerprint density at radius 2 is 1.73 bits per heavy atom. The van der Waals surface area contributed by atoms with Gasteiger partial charge in [0.1, 0.15) is 6.04 Å². The monoisotopic (exact) mass is 343 g/mol. The zero-order chi connectivity index (χ0) is 17.8. The number of hydrogen-bond donors (Lipinski definition) is 1. The van der Waals surface area contributed by atoms with Crippen molar-refractivity contribution in [2.75, 3.05) is 0 Å². The third kappa shape index (κ3) is 2.76. The Labute approximate surface area is 150 Å². The second-order valence-electron chi connectivity index (χ2n) is 5.92. The lowest BCUT2D eigenvalue weighted by Crippen LogP contribution is -2.40. The van der Waals surface area contributed by atoms with Crippen molar-refractivity contribution >= 4 is 0 Å². The Balaban J connectivity index is 2.00. The van der Waals surface area contributed by atoms with Crippen molar-refractivity contribution in [2.24, 2.45) is 0 Å². The minimum atomic E-state index is -1.46. The van der Waals surface area contributed by atoms with E-state index in [1.165, 1.54) is 0 Å². The lowest BCUT2D eigenvalue weighted by atomic mass is 9.80. The fourth-order valence-corrected chi connectivity index (χ4v) is 3.20. The van der Waals surface area contributed by atoms with Crippen LogP contribution in [0.25, 0.3) is 0 Å². The molecule has 2 unspecified atom stereocenters. The average Bonchev–Trinajstić information content (AvgIpc) is 3.24. The second kappa shape index (κ2) is 6.85. The summed E-state index contributed by atoms with van der Waals surface area (Å²) in [4.78, 5) is 8.67. The molecule has 0 bridgehead atoms. The number of aromatic nitrogens is 5. The first-order valence-corrected chi connectivity index (χ1v) is 8.25. The molecule has 4 rings (SSSR count). The smallest absolute Gasteiger partial charge is 0.158 e. The Bertz CT molecular complexity index is 904. The van der Waals surface area contributed by atoms with Gasteiger partial charge in [-0.05, 0) is 29.3 Å². The maximum absolute atomic E-state index is 12.1. The summed E-state index contributed by atoms with van der Waals surface area (Å²) in [6, 6.07) is 18.1. The fraction of sp³-hybridized carbons (Fsp3) is 0.100. The van der Waals surface area contributed by atoms with Crippen LogP contribution in [-0.2, 0) is 5.60 Å². The molecule has 26 heavy (non-hydrogen) atoms. The highest BCUT2D eigenvalue weighted by molar-refractivity contribution is 5.38. The van der Waals surface area contributed by atoms with Crippen molar-refractivity contribution in [3.8, 4) is 0 Å².